The molecule has 18 heteroatoms. The van der Waals surface area contributed by atoms with E-state index >= 15 is 0 Å². The quantitative estimate of drug-likeness (QED) is 0.138. The van der Waals surface area contributed by atoms with Crippen molar-refractivity contribution in [1.29, 1.82) is 0 Å². The zero-order chi connectivity index (χ0) is 49.2. The fourth-order valence-corrected chi connectivity index (χ4v) is 9.71. The van der Waals surface area contributed by atoms with Crippen LogP contribution in [-0.2, 0) is 52.8 Å². The number of cyclic esters (lactones) is 1. The molecule has 0 spiro atoms. The van der Waals surface area contributed by atoms with Crippen LogP contribution >= 0.6 is 0 Å². The number of nitrogens with zero attached hydrogens (tertiary/aromatic N) is 6. The maximum Gasteiger partial charge on any atom is 0.394 e. The fourth-order valence-electron chi connectivity index (χ4n) is 9.71. The van der Waals surface area contributed by atoms with Crippen LogP contribution in [0, 0.1) is 17.3 Å². The number of carbonyl (C=O) groups excluding carboxylic acids is 5. The Labute approximate surface area is 394 Å². The third-order valence-corrected chi connectivity index (χ3v) is 13.5. The van der Waals surface area contributed by atoms with E-state index in [9.17, 15) is 37.1 Å². The lowest BCUT2D eigenvalue weighted by atomic mass is 9.84. The van der Waals surface area contributed by atoms with Crippen molar-refractivity contribution in [2.24, 2.45) is 17.3 Å². The Morgan fingerprint density at radius 1 is 1.10 bits per heavy atom. The van der Waals surface area contributed by atoms with Crippen LogP contribution in [0.4, 0.5) is 13.2 Å². The number of halogens is 3. The van der Waals surface area contributed by atoms with Crippen LogP contribution in [-0.4, -0.2) is 124 Å². The van der Waals surface area contributed by atoms with Crippen molar-refractivity contribution in [3.8, 4) is 22.5 Å². The summed E-state index contributed by atoms with van der Waals surface area (Å²) in [5.74, 6) is -6.90. The lowest BCUT2D eigenvalue weighted by Crippen LogP contribution is -2.63. The first-order valence-corrected chi connectivity index (χ1v) is 23.2. The summed E-state index contributed by atoms with van der Waals surface area (Å²) >= 11 is 0. The molecular weight excluding hydrogens is 882 g/mol. The average Bonchev–Trinajstić information content (AvgIpc) is 3.94. The Balaban J connectivity index is 1.31. The summed E-state index contributed by atoms with van der Waals surface area (Å²) in [5.41, 5.74) is 8.62. The zero-order valence-electron chi connectivity index (χ0n) is 39.7. The van der Waals surface area contributed by atoms with Crippen LogP contribution in [0.5, 0.6) is 0 Å². The van der Waals surface area contributed by atoms with Crippen molar-refractivity contribution in [1.82, 2.24) is 40.1 Å². The minimum Gasteiger partial charge on any atom is -0.464 e. The number of rotatable bonds is 10. The summed E-state index contributed by atoms with van der Waals surface area (Å²) in [6.45, 7) is 13.3. The number of carbonyl (C=O) groups is 5. The highest BCUT2D eigenvalue weighted by Crippen LogP contribution is 2.42. The first-order chi connectivity index (χ1) is 32.3. The number of aryl methyl sites for hydroxylation is 1. The summed E-state index contributed by atoms with van der Waals surface area (Å²) < 4.78 is 58.0. The molecule has 0 aliphatic carbocycles. The predicted octanol–water partition coefficient (Wildman–Crippen LogP) is 6.20. The number of hydrogen-bond acceptors (Lipinski definition) is 10. The first-order valence-electron chi connectivity index (χ1n) is 23.2. The van der Waals surface area contributed by atoms with E-state index in [1.807, 2.05) is 51.1 Å². The van der Waals surface area contributed by atoms with Gasteiger partial charge in [-0.15, -0.1) is 0 Å². The molecule has 1 aromatic carbocycles. The zero-order valence-corrected chi connectivity index (χ0v) is 39.7. The van der Waals surface area contributed by atoms with Crippen molar-refractivity contribution >= 4 is 40.5 Å². The number of aromatic nitrogens is 3. The molecule has 7 rings (SSSR count). The van der Waals surface area contributed by atoms with Crippen molar-refractivity contribution < 1.29 is 46.6 Å². The summed E-state index contributed by atoms with van der Waals surface area (Å²) in [5, 5.41) is 4.73. The smallest absolute Gasteiger partial charge is 0.394 e. The van der Waals surface area contributed by atoms with Crippen molar-refractivity contribution in [2.75, 3.05) is 40.4 Å². The highest BCUT2D eigenvalue weighted by molar-refractivity contribution is 5.96. The lowest BCUT2D eigenvalue weighted by Gasteiger charge is -2.37. The van der Waals surface area contributed by atoms with Crippen LogP contribution in [0.15, 0.2) is 67.4 Å². The molecule has 15 nitrogen and oxygen atoms in total. The summed E-state index contributed by atoms with van der Waals surface area (Å²) in [6, 6.07) is 10.7. The first kappa shape index (κ1) is 49.8. The molecule has 2 saturated heterocycles. The van der Waals surface area contributed by atoms with E-state index in [2.05, 4.69) is 34.9 Å². The maximum atomic E-state index is 14.6. The van der Waals surface area contributed by atoms with Gasteiger partial charge in [-0.3, -0.25) is 38.9 Å². The molecule has 0 saturated carbocycles. The Hall–Kier alpha value is -6.14. The number of ether oxygens (including phenoxy) is 2. The summed E-state index contributed by atoms with van der Waals surface area (Å²) in [6.07, 6.45) is -1.27. The molecule has 6 bridgehead atoms. The van der Waals surface area contributed by atoms with Gasteiger partial charge in [0.05, 0.1) is 41.6 Å². The Morgan fingerprint density at radius 3 is 2.57 bits per heavy atom. The number of hydrogen-bond donors (Lipinski definition) is 2. The highest BCUT2D eigenvalue weighted by atomic mass is 19.4. The Morgan fingerprint density at radius 2 is 1.87 bits per heavy atom. The second kappa shape index (κ2) is 20.2. The molecule has 6 heterocycles. The molecule has 0 unspecified atom stereocenters. The van der Waals surface area contributed by atoms with E-state index in [0.29, 0.717) is 37.2 Å². The molecule has 4 amide bonds. The number of benzene rings is 1. The minimum absolute atomic E-state index is 0.0288. The second-order valence-corrected chi connectivity index (χ2v) is 18.9. The minimum atomic E-state index is -4.92. The van der Waals surface area contributed by atoms with Gasteiger partial charge in [0.15, 0.2) is 0 Å². The topological polar surface area (TPSA) is 168 Å². The van der Waals surface area contributed by atoms with E-state index in [0.717, 1.165) is 63.9 Å². The number of likely N-dealkylation sites (N-methyl/N-ethyl adjacent to an activating group) is 1. The molecule has 0 radical (unpaired) electrons. The van der Waals surface area contributed by atoms with Crippen molar-refractivity contribution in [3.05, 3.63) is 84.3 Å². The molecular formula is C50H61F3N8O7. The van der Waals surface area contributed by atoms with Crippen molar-refractivity contribution in [3.63, 3.8) is 0 Å². The molecule has 3 aliphatic heterocycles. The molecule has 6 atom stereocenters. The monoisotopic (exact) mass is 942 g/mol. The third kappa shape index (κ3) is 10.3. The normalized spacial score (nSPS) is 21.4. The van der Waals surface area contributed by atoms with E-state index in [1.54, 1.807) is 25.4 Å². The van der Waals surface area contributed by atoms with E-state index in [4.69, 9.17) is 19.4 Å². The van der Waals surface area contributed by atoms with E-state index in [1.165, 1.54) is 9.91 Å². The number of alkyl halides is 3. The lowest BCUT2D eigenvalue weighted by molar-refractivity contribution is -0.190. The van der Waals surface area contributed by atoms with Gasteiger partial charge < -0.3 is 29.2 Å². The fraction of sp³-hybridized carbons (Fsp3) is 0.500. The molecule has 3 aliphatic rings. The molecule has 3 aromatic heterocycles. The van der Waals surface area contributed by atoms with Gasteiger partial charge in [0.1, 0.15) is 18.1 Å². The van der Waals surface area contributed by atoms with Crippen LogP contribution in [0.2, 0.25) is 0 Å². The second-order valence-electron chi connectivity index (χ2n) is 18.9. The largest absolute Gasteiger partial charge is 0.464 e. The van der Waals surface area contributed by atoms with Crippen LogP contribution in [0.1, 0.15) is 76.9 Å². The van der Waals surface area contributed by atoms with E-state index in [-0.39, 0.29) is 45.2 Å². The van der Waals surface area contributed by atoms with Gasteiger partial charge in [-0.05, 0) is 87.6 Å². The number of nitrogens with one attached hydrogen (secondary N) is 2. The number of likely N-dealkylation sites (tertiary alicyclic amines) is 1. The Bertz CT molecular complexity index is 2580. The molecule has 4 aromatic rings. The molecule has 2 N–H and O–H groups in total. The number of amides is 4. The van der Waals surface area contributed by atoms with Gasteiger partial charge in [-0.25, -0.2) is 5.43 Å². The van der Waals surface area contributed by atoms with Gasteiger partial charge in [0.2, 0.25) is 17.7 Å². The van der Waals surface area contributed by atoms with Crippen LogP contribution in [0.3, 0.4) is 0 Å². The molecule has 2 fully saturated rings. The SMILES string of the molecule is C=CC(=O)N1CC[C@H](C(=O)N(C)[C@H](C(=O)N[C@H]2Cc3cccc(n3)-c3ccc4c(c3)c(c(-c3cccnc3[C@H](C)OC)n4CC)CC(C)(C)COC(=O)[C@@H]3CCCN(N3)C2=O)[C@H](C)C(F)(F)F)C1. The van der Waals surface area contributed by atoms with Crippen LogP contribution < -0.4 is 10.7 Å². The van der Waals surface area contributed by atoms with E-state index < -0.39 is 71.2 Å². The Kier molecular flexibility index (Phi) is 14.8. The highest BCUT2D eigenvalue weighted by Gasteiger charge is 2.49. The molecule has 68 heavy (non-hydrogen) atoms. The number of esters is 1. The van der Waals surface area contributed by atoms with Crippen LogP contribution in [0.25, 0.3) is 33.4 Å². The van der Waals surface area contributed by atoms with Gasteiger partial charge >= 0.3 is 12.1 Å². The predicted molar refractivity (Wildman–Crippen MR) is 248 cm³/mol. The number of fused-ring (bicyclic) bond motifs is 6. The third-order valence-electron chi connectivity index (χ3n) is 13.5. The molecule has 364 valence electrons. The standard InChI is InChI=1S/C50H61F3N8O7/c1-9-41(62)59-23-20-32(27-59)46(64)58(7)43(29(3)50(51,52)53)45(63)56-39-25-33-14-11-16-37(55-33)31-18-19-40-35(24-31)36(44(60(40)10-2)34-15-12-21-54-42(34)30(4)67-8)26-49(5,6)28-68-48(66)38-17-13-22-61(57-38)47(39)65/h9,11-12,14-16,18-19,21,24,29-30,32,38-39,43,57H,1,10,13,17,20,22-23,25-28H2,2-8H3,(H,56,63)/t29-,30-,32-,38-,39-,43-/m0/s1. The maximum absolute atomic E-state index is 14.6. The number of pyridine rings is 2. The number of methoxy groups -OCH3 is 1. The average molecular weight is 943 g/mol. The summed E-state index contributed by atoms with van der Waals surface area (Å²) in [4.78, 5) is 80.9. The van der Waals surface area contributed by atoms with Gasteiger partial charge in [-0.1, -0.05) is 39.5 Å². The van der Waals surface area contributed by atoms with Gasteiger partial charge in [0.25, 0.3) is 5.91 Å². The summed E-state index contributed by atoms with van der Waals surface area (Å²) in [7, 11) is 2.77. The number of hydrazine groups is 1. The van der Waals surface area contributed by atoms with Gasteiger partial charge in [-0.2, -0.15) is 13.2 Å². The van der Waals surface area contributed by atoms with Crippen molar-refractivity contribution in [2.45, 2.75) is 104 Å². The van der Waals surface area contributed by atoms with Gasteiger partial charge in [0, 0.05) is 86.1 Å².